The van der Waals surface area contributed by atoms with Crippen molar-refractivity contribution >= 4 is 22.2 Å². The van der Waals surface area contributed by atoms with E-state index in [1.54, 1.807) is 18.4 Å². The number of methoxy groups -OCH3 is 1. The van der Waals surface area contributed by atoms with Crippen LogP contribution in [-0.4, -0.2) is 43.2 Å². The molecule has 1 aliphatic rings. The van der Waals surface area contributed by atoms with Gasteiger partial charge in [-0.25, -0.2) is 0 Å². The second kappa shape index (κ2) is 10.1. The summed E-state index contributed by atoms with van der Waals surface area (Å²) in [5, 5.41) is 4.13. The van der Waals surface area contributed by atoms with Crippen LogP contribution in [0.1, 0.15) is 51.8 Å². The maximum Gasteiger partial charge on any atom is 0.256 e. The van der Waals surface area contributed by atoms with E-state index in [1.807, 2.05) is 42.5 Å². The lowest BCUT2D eigenvalue weighted by Gasteiger charge is -2.41. The van der Waals surface area contributed by atoms with Crippen molar-refractivity contribution < 1.29 is 14.3 Å². The number of benzene rings is 2. The summed E-state index contributed by atoms with van der Waals surface area (Å²) in [4.78, 5) is 16.7. The van der Waals surface area contributed by atoms with E-state index in [2.05, 4.69) is 50.0 Å². The highest BCUT2D eigenvalue weighted by Crippen LogP contribution is 2.43. The van der Waals surface area contributed by atoms with Crippen LogP contribution in [0.5, 0.6) is 5.75 Å². The number of nitrogens with one attached hydrogen (secondary N) is 1. The standard InChI is InChI=1S/C27H32N2O3S/c1-17-15-29(16-18(2)32-17)25(21-11-13-23(31-5)14-12-21)24-19(3)20(4)33-27(24)28-26(30)22-9-7-6-8-10-22/h6-14,17-18,25H,15-16H2,1-5H3,(H,28,30)/t17-,18-,25+/m1/s1. The Labute approximate surface area is 200 Å². The fourth-order valence-electron chi connectivity index (χ4n) is 4.61. The Balaban J connectivity index is 1.78. The molecule has 0 saturated carbocycles. The molecule has 0 aliphatic carbocycles. The molecule has 0 bridgehead atoms. The zero-order valence-corrected chi connectivity index (χ0v) is 20.7. The lowest BCUT2D eigenvalue weighted by atomic mass is 9.93. The number of nitrogens with zero attached hydrogens (tertiary/aromatic N) is 1. The highest BCUT2D eigenvalue weighted by molar-refractivity contribution is 7.16. The quantitative estimate of drug-likeness (QED) is 0.499. The van der Waals surface area contributed by atoms with Gasteiger partial charge in [-0.15, -0.1) is 11.3 Å². The fraction of sp³-hybridized carbons (Fsp3) is 0.370. The number of thiophene rings is 1. The third-order valence-corrected chi connectivity index (χ3v) is 7.35. The van der Waals surface area contributed by atoms with Gasteiger partial charge in [-0.1, -0.05) is 30.3 Å². The SMILES string of the molecule is COc1ccc([C@@H](c2c(NC(=O)c3ccccc3)sc(C)c2C)N2C[C@@H](C)O[C@H](C)C2)cc1. The number of aryl methyl sites for hydroxylation is 1. The number of morpholine rings is 1. The Morgan fingerprint density at radius 2 is 1.70 bits per heavy atom. The van der Waals surface area contributed by atoms with Crippen LogP contribution in [0.3, 0.4) is 0 Å². The summed E-state index contributed by atoms with van der Waals surface area (Å²) in [5.41, 5.74) is 4.21. The van der Waals surface area contributed by atoms with Crippen molar-refractivity contribution in [2.45, 2.75) is 45.9 Å². The minimum absolute atomic E-state index is 0.000675. The Bertz CT molecular complexity index is 1080. The number of anilines is 1. The lowest BCUT2D eigenvalue weighted by Crippen LogP contribution is -2.47. The van der Waals surface area contributed by atoms with Crippen molar-refractivity contribution in [2.75, 3.05) is 25.5 Å². The summed E-state index contributed by atoms with van der Waals surface area (Å²) in [5.74, 6) is 0.743. The molecule has 1 N–H and O–H groups in total. The second-order valence-corrected chi connectivity index (χ2v) is 9.96. The molecule has 1 aromatic heterocycles. The molecule has 5 nitrogen and oxygen atoms in total. The summed E-state index contributed by atoms with van der Waals surface area (Å²) in [6.07, 6.45) is 0.272. The van der Waals surface area contributed by atoms with Crippen molar-refractivity contribution in [1.29, 1.82) is 0 Å². The summed E-state index contributed by atoms with van der Waals surface area (Å²) < 4.78 is 11.4. The first-order valence-electron chi connectivity index (χ1n) is 11.4. The minimum atomic E-state index is -0.0877. The molecule has 2 heterocycles. The topological polar surface area (TPSA) is 50.8 Å². The highest BCUT2D eigenvalue weighted by Gasteiger charge is 2.34. The van der Waals surface area contributed by atoms with Crippen molar-refractivity contribution in [3.63, 3.8) is 0 Å². The monoisotopic (exact) mass is 464 g/mol. The first kappa shape index (κ1) is 23.5. The van der Waals surface area contributed by atoms with E-state index in [0.29, 0.717) is 5.56 Å². The molecular formula is C27H32N2O3S. The molecule has 3 aromatic rings. The first-order chi connectivity index (χ1) is 15.9. The Hall–Kier alpha value is -2.67. The lowest BCUT2D eigenvalue weighted by molar-refractivity contribution is -0.0765. The summed E-state index contributed by atoms with van der Waals surface area (Å²) in [7, 11) is 1.68. The molecule has 4 rings (SSSR count). The van der Waals surface area contributed by atoms with E-state index >= 15 is 0 Å². The number of rotatable bonds is 6. The van der Waals surface area contributed by atoms with Gasteiger partial charge in [0.15, 0.2) is 0 Å². The molecular weight excluding hydrogens is 432 g/mol. The van der Waals surface area contributed by atoms with Crippen LogP contribution >= 0.6 is 11.3 Å². The number of hydrogen-bond acceptors (Lipinski definition) is 5. The van der Waals surface area contributed by atoms with Crippen molar-refractivity contribution in [1.82, 2.24) is 4.90 Å². The Kier molecular flexibility index (Phi) is 7.17. The molecule has 0 unspecified atom stereocenters. The third kappa shape index (κ3) is 5.13. The molecule has 2 aromatic carbocycles. The molecule has 174 valence electrons. The van der Waals surface area contributed by atoms with E-state index in [-0.39, 0.29) is 24.2 Å². The van der Waals surface area contributed by atoms with Crippen LogP contribution in [0.15, 0.2) is 54.6 Å². The summed E-state index contributed by atoms with van der Waals surface area (Å²) in [6.45, 7) is 10.2. The molecule has 1 fully saturated rings. The van der Waals surface area contributed by atoms with Gasteiger partial charge in [-0.2, -0.15) is 0 Å². The number of carbonyl (C=O) groups excluding carboxylic acids is 1. The van der Waals surface area contributed by atoms with E-state index in [9.17, 15) is 4.79 Å². The number of amides is 1. The molecule has 33 heavy (non-hydrogen) atoms. The average Bonchev–Trinajstić information content (AvgIpc) is 3.07. The van der Waals surface area contributed by atoms with Crippen LogP contribution < -0.4 is 10.1 Å². The third-order valence-electron chi connectivity index (χ3n) is 6.21. The molecule has 3 atom stereocenters. The van der Waals surface area contributed by atoms with Gasteiger partial charge in [-0.05, 0) is 63.1 Å². The number of hydrogen-bond donors (Lipinski definition) is 1. The summed E-state index contributed by atoms with van der Waals surface area (Å²) in [6, 6.07) is 17.6. The maximum absolute atomic E-state index is 13.1. The van der Waals surface area contributed by atoms with Crippen LogP contribution in [0.25, 0.3) is 0 Å². The summed E-state index contributed by atoms with van der Waals surface area (Å²) >= 11 is 1.65. The van der Waals surface area contributed by atoms with E-state index in [4.69, 9.17) is 9.47 Å². The molecule has 1 saturated heterocycles. The fourth-order valence-corrected chi connectivity index (χ4v) is 5.69. The van der Waals surface area contributed by atoms with Crippen LogP contribution in [-0.2, 0) is 4.74 Å². The molecule has 1 amide bonds. The largest absolute Gasteiger partial charge is 0.497 e. The van der Waals surface area contributed by atoms with Gasteiger partial charge >= 0.3 is 0 Å². The van der Waals surface area contributed by atoms with E-state index in [1.165, 1.54) is 16.0 Å². The van der Waals surface area contributed by atoms with Gasteiger partial charge in [0.2, 0.25) is 0 Å². The van der Waals surface area contributed by atoms with Gasteiger partial charge in [0.05, 0.1) is 25.4 Å². The van der Waals surface area contributed by atoms with Gasteiger partial charge in [0.1, 0.15) is 10.8 Å². The molecule has 0 spiro atoms. The van der Waals surface area contributed by atoms with Gasteiger partial charge in [0, 0.05) is 29.1 Å². The number of ether oxygens (including phenoxy) is 2. The zero-order chi connectivity index (χ0) is 23.5. The van der Waals surface area contributed by atoms with Gasteiger partial charge < -0.3 is 14.8 Å². The van der Waals surface area contributed by atoms with E-state index < -0.39 is 0 Å². The molecule has 6 heteroatoms. The van der Waals surface area contributed by atoms with Crippen molar-refractivity contribution in [2.24, 2.45) is 0 Å². The molecule has 0 radical (unpaired) electrons. The van der Waals surface area contributed by atoms with Gasteiger partial charge in [-0.3, -0.25) is 9.69 Å². The Morgan fingerprint density at radius 1 is 1.06 bits per heavy atom. The van der Waals surface area contributed by atoms with E-state index in [0.717, 1.165) is 29.4 Å². The predicted octanol–water partition coefficient (Wildman–Crippen LogP) is 5.82. The highest BCUT2D eigenvalue weighted by atomic mass is 32.1. The second-order valence-electron chi connectivity index (χ2n) is 8.73. The van der Waals surface area contributed by atoms with Crippen LogP contribution in [0.4, 0.5) is 5.00 Å². The maximum atomic E-state index is 13.1. The van der Waals surface area contributed by atoms with Crippen molar-refractivity contribution in [3.05, 3.63) is 81.7 Å². The minimum Gasteiger partial charge on any atom is -0.497 e. The van der Waals surface area contributed by atoms with Crippen molar-refractivity contribution in [3.8, 4) is 5.75 Å². The Morgan fingerprint density at radius 3 is 2.30 bits per heavy atom. The van der Waals surface area contributed by atoms with Gasteiger partial charge in [0.25, 0.3) is 5.91 Å². The average molecular weight is 465 g/mol. The number of carbonyl (C=O) groups is 1. The van der Waals surface area contributed by atoms with Crippen LogP contribution in [0.2, 0.25) is 0 Å². The zero-order valence-electron chi connectivity index (χ0n) is 19.9. The molecule has 1 aliphatic heterocycles. The smallest absolute Gasteiger partial charge is 0.256 e. The van der Waals surface area contributed by atoms with Crippen LogP contribution in [0, 0.1) is 13.8 Å². The predicted molar refractivity (Wildman–Crippen MR) is 135 cm³/mol. The normalized spacial score (nSPS) is 19.8. The first-order valence-corrected chi connectivity index (χ1v) is 12.2.